The Morgan fingerprint density at radius 1 is 1.23 bits per heavy atom. The van der Waals surface area contributed by atoms with Crippen molar-refractivity contribution in [2.75, 3.05) is 32.1 Å². The minimum Gasteiger partial charge on any atom is -0.495 e. The molecule has 2 N–H and O–H groups in total. The van der Waals surface area contributed by atoms with Gasteiger partial charge in [-0.05, 0) is 37.0 Å². The molecule has 31 heavy (non-hydrogen) atoms. The van der Waals surface area contributed by atoms with Gasteiger partial charge in [0.05, 0.1) is 28.3 Å². The van der Waals surface area contributed by atoms with Crippen LogP contribution in [-0.2, 0) is 0 Å². The largest absolute Gasteiger partial charge is 0.495 e. The van der Waals surface area contributed by atoms with Gasteiger partial charge in [-0.3, -0.25) is 14.9 Å². The third kappa shape index (κ3) is 5.64. The lowest BCUT2D eigenvalue weighted by molar-refractivity contribution is -0.384. The number of nitro groups is 1. The Hall–Kier alpha value is -3.33. The van der Waals surface area contributed by atoms with Gasteiger partial charge in [0.1, 0.15) is 5.75 Å². The van der Waals surface area contributed by atoms with E-state index >= 15 is 0 Å². The number of rotatable bonds is 6. The van der Waals surface area contributed by atoms with Crippen molar-refractivity contribution in [1.29, 1.82) is 0 Å². The average molecular weight is 447 g/mol. The number of carbonyl (C=O) groups is 2. The number of urea groups is 1. The summed E-state index contributed by atoms with van der Waals surface area (Å²) in [6.45, 7) is 1.51. The molecule has 2 aromatic carbocycles. The number of nitrogens with one attached hydrogen (secondary N) is 2. The molecule has 0 radical (unpaired) electrons. The second kappa shape index (κ2) is 10.1. The monoisotopic (exact) mass is 446 g/mol. The molecule has 10 heteroatoms. The van der Waals surface area contributed by atoms with Crippen molar-refractivity contribution in [3.05, 3.63) is 63.2 Å². The van der Waals surface area contributed by atoms with Crippen molar-refractivity contribution in [3.8, 4) is 5.75 Å². The van der Waals surface area contributed by atoms with Crippen molar-refractivity contribution in [2.45, 2.75) is 12.8 Å². The summed E-state index contributed by atoms with van der Waals surface area (Å²) in [5, 5.41) is 16.7. The number of halogens is 1. The van der Waals surface area contributed by atoms with Crippen LogP contribution in [0.15, 0.2) is 42.5 Å². The van der Waals surface area contributed by atoms with E-state index in [0.29, 0.717) is 31.1 Å². The van der Waals surface area contributed by atoms with E-state index in [9.17, 15) is 19.7 Å². The first kappa shape index (κ1) is 22.4. The Morgan fingerprint density at radius 3 is 2.61 bits per heavy atom. The maximum absolute atomic E-state index is 12.5. The molecule has 0 unspecified atom stereocenters. The highest BCUT2D eigenvalue weighted by atomic mass is 35.5. The lowest BCUT2D eigenvalue weighted by Crippen LogP contribution is -2.43. The molecule has 1 aliphatic rings. The predicted molar refractivity (Wildman–Crippen MR) is 117 cm³/mol. The molecule has 1 saturated heterocycles. The first-order valence-electron chi connectivity index (χ1n) is 9.80. The average Bonchev–Trinajstić information content (AvgIpc) is 2.78. The molecule has 0 aromatic heterocycles. The fourth-order valence-corrected chi connectivity index (χ4v) is 3.62. The van der Waals surface area contributed by atoms with E-state index in [1.807, 2.05) is 12.1 Å². The van der Waals surface area contributed by atoms with Gasteiger partial charge in [-0.25, -0.2) is 4.79 Å². The van der Waals surface area contributed by atoms with Gasteiger partial charge >= 0.3 is 6.03 Å². The molecular formula is C21H23ClN4O5. The van der Waals surface area contributed by atoms with E-state index in [-0.39, 0.29) is 28.2 Å². The van der Waals surface area contributed by atoms with Crippen LogP contribution in [0.5, 0.6) is 5.75 Å². The van der Waals surface area contributed by atoms with Crippen molar-refractivity contribution in [3.63, 3.8) is 0 Å². The molecule has 0 bridgehead atoms. The number of ether oxygens (including phenoxy) is 1. The second-order valence-electron chi connectivity index (χ2n) is 7.19. The number of hydrogen-bond acceptors (Lipinski definition) is 5. The summed E-state index contributed by atoms with van der Waals surface area (Å²) in [5.41, 5.74) is 0.492. The number of piperidine rings is 1. The van der Waals surface area contributed by atoms with Crippen molar-refractivity contribution in [2.24, 2.45) is 5.92 Å². The highest BCUT2D eigenvalue weighted by molar-refractivity contribution is 6.33. The Kier molecular flexibility index (Phi) is 7.30. The smallest absolute Gasteiger partial charge is 0.321 e. The van der Waals surface area contributed by atoms with E-state index in [4.69, 9.17) is 16.3 Å². The molecule has 0 aliphatic carbocycles. The summed E-state index contributed by atoms with van der Waals surface area (Å²) >= 11 is 6.02. The normalized spacial score (nSPS) is 14.1. The third-order valence-corrected chi connectivity index (χ3v) is 5.54. The molecule has 1 heterocycles. The number of non-ortho nitro benzene ring substituents is 1. The van der Waals surface area contributed by atoms with Gasteiger partial charge in [0.25, 0.3) is 11.6 Å². The zero-order chi connectivity index (χ0) is 22.4. The Bertz CT molecular complexity index is 976. The summed E-state index contributed by atoms with van der Waals surface area (Å²) in [4.78, 5) is 37.0. The predicted octanol–water partition coefficient (Wildman–Crippen LogP) is 3.93. The first-order valence-corrected chi connectivity index (χ1v) is 10.2. The van der Waals surface area contributed by atoms with E-state index in [2.05, 4.69) is 10.6 Å². The summed E-state index contributed by atoms with van der Waals surface area (Å²) in [7, 11) is 1.55. The maximum Gasteiger partial charge on any atom is 0.321 e. The van der Waals surface area contributed by atoms with E-state index in [1.54, 1.807) is 24.1 Å². The number of methoxy groups -OCH3 is 1. The Morgan fingerprint density at radius 2 is 1.94 bits per heavy atom. The third-order valence-electron chi connectivity index (χ3n) is 5.21. The molecule has 1 fully saturated rings. The Balaban J connectivity index is 1.49. The molecule has 9 nitrogen and oxygen atoms in total. The minimum atomic E-state index is -0.571. The van der Waals surface area contributed by atoms with E-state index in [1.165, 1.54) is 18.2 Å². The Labute approximate surface area is 184 Å². The molecule has 0 atom stereocenters. The van der Waals surface area contributed by atoms with E-state index < -0.39 is 10.8 Å². The number of amides is 3. The number of likely N-dealkylation sites (tertiary alicyclic amines) is 1. The number of nitrogens with zero attached hydrogens (tertiary/aromatic N) is 2. The van der Waals surface area contributed by atoms with Crippen LogP contribution < -0.4 is 15.4 Å². The summed E-state index contributed by atoms with van der Waals surface area (Å²) in [6, 6.07) is 10.8. The first-order chi connectivity index (χ1) is 14.9. The van der Waals surface area contributed by atoms with Crippen LogP contribution in [0.2, 0.25) is 5.02 Å². The van der Waals surface area contributed by atoms with Crippen molar-refractivity contribution in [1.82, 2.24) is 10.2 Å². The quantitative estimate of drug-likeness (QED) is 0.515. The van der Waals surface area contributed by atoms with Crippen molar-refractivity contribution < 1.29 is 19.2 Å². The lowest BCUT2D eigenvalue weighted by Gasteiger charge is -2.32. The summed E-state index contributed by atoms with van der Waals surface area (Å²) in [6.07, 6.45) is 1.45. The molecule has 2 aromatic rings. The molecule has 164 valence electrons. The lowest BCUT2D eigenvalue weighted by atomic mass is 9.97. The molecular weight excluding hydrogens is 424 g/mol. The SMILES string of the molecule is COc1ccccc1NC(=O)N1CCC(CNC(=O)c2cc([N+](=O)[O-])ccc2Cl)CC1. The zero-order valence-electron chi connectivity index (χ0n) is 17.0. The maximum atomic E-state index is 12.5. The minimum absolute atomic E-state index is 0.0736. The van der Waals surface area contributed by atoms with Crippen LogP contribution in [-0.4, -0.2) is 48.5 Å². The number of benzene rings is 2. The van der Waals surface area contributed by atoms with Crippen LogP contribution in [0.4, 0.5) is 16.2 Å². The van der Waals surface area contributed by atoms with Gasteiger partial charge in [-0.1, -0.05) is 23.7 Å². The van der Waals surface area contributed by atoms with Gasteiger partial charge < -0.3 is 20.3 Å². The molecule has 0 saturated carbocycles. The van der Waals surface area contributed by atoms with E-state index in [0.717, 1.165) is 12.8 Å². The van der Waals surface area contributed by atoms with Gasteiger partial charge in [0.2, 0.25) is 0 Å². The number of nitro benzene ring substituents is 1. The van der Waals surface area contributed by atoms with Crippen LogP contribution in [0.1, 0.15) is 23.2 Å². The van der Waals surface area contributed by atoms with Gasteiger partial charge in [-0.2, -0.15) is 0 Å². The molecule has 3 amide bonds. The molecule has 1 aliphatic heterocycles. The van der Waals surface area contributed by atoms with Gasteiger partial charge in [-0.15, -0.1) is 0 Å². The summed E-state index contributed by atoms with van der Waals surface area (Å²) in [5.74, 6) is 0.329. The van der Waals surface area contributed by atoms with Gasteiger partial charge in [0, 0.05) is 31.8 Å². The number of para-hydroxylation sites is 2. The van der Waals surface area contributed by atoms with Crippen LogP contribution in [0, 0.1) is 16.0 Å². The fourth-order valence-electron chi connectivity index (χ4n) is 3.42. The zero-order valence-corrected chi connectivity index (χ0v) is 17.7. The van der Waals surface area contributed by atoms with Crippen LogP contribution >= 0.6 is 11.6 Å². The number of anilines is 1. The van der Waals surface area contributed by atoms with Gasteiger partial charge in [0.15, 0.2) is 0 Å². The number of hydrogen-bond donors (Lipinski definition) is 2. The summed E-state index contributed by atoms with van der Waals surface area (Å²) < 4.78 is 5.25. The fraction of sp³-hybridized carbons (Fsp3) is 0.333. The topological polar surface area (TPSA) is 114 Å². The van der Waals surface area contributed by atoms with Crippen LogP contribution in [0.25, 0.3) is 0 Å². The van der Waals surface area contributed by atoms with Crippen LogP contribution in [0.3, 0.4) is 0 Å². The number of carbonyl (C=O) groups excluding carboxylic acids is 2. The molecule has 3 rings (SSSR count). The highest BCUT2D eigenvalue weighted by Gasteiger charge is 2.24. The van der Waals surface area contributed by atoms with Crippen molar-refractivity contribution >= 4 is 34.9 Å². The second-order valence-corrected chi connectivity index (χ2v) is 7.60. The highest BCUT2D eigenvalue weighted by Crippen LogP contribution is 2.25. The molecule has 0 spiro atoms. The standard InChI is InChI=1S/C21H23ClN4O5/c1-31-19-5-3-2-4-18(19)24-21(28)25-10-8-14(9-11-25)13-23-20(27)16-12-15(26(29)30)6-7-17(16)22/h2-7,12,14H,8-11,13H2,1H3,(H,23,27)(H,24,28).